The highest BCUT2D eigenvalue weighted by atomic mass is 15.1. The van der Waals surface area contributed by atoms with Crippen LogP contribution >= 0.6 is 0 Å². The molecule has 0 spiro atoms. The Morgan fingerprint density at radius 1 is 1.12 bits per heavy atom. The van der Waals surface area contributed by atoms with Crippen LogP contribution in [0.25, 0.3) is 11.3 Å². The number of rotatable bonds is 3. The van der Waals surface area contributed by atoms with Crippen molar-refractivity contribution >= 4 is 12.2 Å². The molecule has 5 heteroatoms. The third kappa shape index (κ3) is 3.07. The fourth-order valence-corrected chi connectivity index (χ4v) is 1.25. The molecule has 0 radical (unpaired) electrons. The number of aliphatic imine (C=N–C) groups is 1. The Morgan fingerprint density at radius 2 is 1.88 bits per heavy atom. The first-order chi connectivity index (χ1) is 8.25. The summed E-state index contributed by atoms with van der Waals surface area (Å²) in [5.41, 5.74) is 1.77. The molecule has 0 bridgehead atoms. The molecule has 0 aliphatic heterocycles. The summed E-state index contributed by atoms with van der Waals surface area (Å²) in [6, 6.07) is 3.78. The van der Waals surface area contributed by atoms with Crippen molar-refractivity contribution in [2.45, 2.75) is 0 Å². The molecule has 2 aromatic rings. The van der Waals surface area contributed by atoms with Gasteiger partial charge in [-0.3, -0.25) is 9.97 Å². The van der Waals surface area contributed by atoms with Crippen LogP contribution in [-0.4, -0.2) is 40.3 Å². The minimum Gasteiger partial charge on any atom is -0.369 e. The quantitative estimate of drug-likeness (QED) is 0.592. The maximum absolute atomic E-state index is 4.40. The zero-order chi connectivity index (χ0) is 12.1. The predicted molar refractivity (Wildman–Crippen MR) is 67.1 cm³/mol. The van der Waals surface area contributed by atoms with E-state index >= 15 is 0 Å². The maximum Gasteiger partial charge on any atom is 0.172 e. The largest absolute Gasteiger partial charge is 0.369 e. The summed E-state index contributed by atoms with van der Waals surface area (Å²) >= 11 is 0. The van der Waals surface area contributed by atoms with Crippen molar-refractivity contribution < 1.29 is 0 Å². The first-order valence-electron chi connectivity index (χ1n) is 5.19. The molecule has 0 aliphatic carbocycles. The SMILES string of the molecule is CN(C)/C=N/c1cncc(-c2ccncc2)n1. The van der Waals surface area contributed by atoms with E-state index in [1.165, 1.54) is 0 Å². The fraction of sp³-hybridized carbons (Fsp3) is 0.167. The van der Waals surface area contributed by atoms with Gasteiger partial charge in [-0.15, -0.1) is 0 Å². The van der Waals surface area contributed by atoms with Crippen LogP contribution in [0.2, 0.25) is 0 Å². The van der Waals surface area contributed by atoms with Crippen molar-refractivity contribution in [3.05, 3.63) is 36.9 Å². The van der Waals surface area contributed by atoms with Gasteiger partial charge in [0.2, 0.25) is 0 Å². The summed E-state index contributed by atoms with van der Waals surface area (Å²) in [5, 5.41) is 0. The lowest BCUT2D eigenvalue weighted by molar-refractivity contribution is 0.643. The van der Waals surface area contributed by atoms with Gasteiger partial charge >= 0.3 is 0 Å². The predicted octanol–water partition coefficient (Wildman–Crippen LogP) is 1.76. The maximum atomic E-state index is 4.40. The molecule has 2 aromatic heterocycles. The first kappa shape index (κ1) is 11.2. The van der Waals surface area contributed by atoms with Crippen LogP contribution in [0.5, 0.6) is 0 Å². The highest BCUT2D eigenvalue weighted by Crippen LogP contribution is 2.17. The van der Waals surface area contributed by atoms with Crippen LogP contribution in [0.4, 0.5) is 5.82 Å². The van der Waals surface area contributed by atoms with Crippen LogP contribution in [0.1, 0.15) is 0 Å². The van der Waals surface area contributed by atoms with Gasteiger partial charge in [0, 0.05) is 32.1 Å². The number of pyridine rings is 1. The van der Waals surface area contributed by atoms with Crippen LogP contribution < -0.4 is 0 Å². The molecule has 0 saturated carbocycles. The average Bonchev–Trinajstić information content (AvgIpc) is 2.38. The third-order valence-corrected chi connectivity index (χ3v) is 2.02. The first-order valence-corrected chi connectivity index (χ1v) is 5.19. The van der Waals surface area contributed by atoms with Crippen LogP contribution in [-0.2, 0) is 0 Å². The monoisotopic (exact) mass is 227 g/mol. The average molecular weight is 227 g/mol. The molecule has 2 heterocycles. The third-order valence-electron chi connectivity index (χ3n) is 2.02. The lowest BCUT2D eigenvalue weighted by atomic mass is 10.2. The van der Waals surface area contributed by atoms with Crippen molar-refractivity contribution in [1.29, 1.82) is 0 Å². The lowest BCUT2D eigenvalue weighted by Gasteiger charge is -2.03. The van der Waals surface area contributed by atoms with E-state index in [0.29, 0.717) is 5.82 Å². The van der Waals surface area contributed by atoms with E-state index in [-0.39, 0.29) is 0 Å². The van der Waals surface area contributed by atoms with E-state index in [2.05, 4.69) is 19.9 Å². The van der Waals surface area contributed by atoms with E-state index in [1.54, 1.807) is 31.1 Å². The number of aromatic nitrogens is 3. The van der Waals surface area contributed by atoms with E-state index in [4.69, 9.17) is 0 Å². The van der Waals surface area contributed by atoms with Crippen molar-refractivity contribution in [3.63, 3.8) is 0 Å². The smallest absolute Gasteiger partial charge is 0.172 e. The summed E-state index contributed by atoms with van der Waals surface area (Å²) in [4.78, 5) is 18.5. The molecule has 0 N–H and O–H groups in total. The Morgan fingerprint density at radius 3 is 2.59 bits per heavy atom. The van der Waals surface area contributed by atoms with Gasteiger partial charge in [0.1, 0.15) is 0 Å². The van der Waals surface area contributed by atoms with E-state index in [9.17, 15) is 0 Å². The van der Waals surface area contributed by atoms with Crippen LogP contribution in [0, 0.1) is 0 Å². The van der Waals surface area contributed by atoms with Crippen molar-refractivity contribution in [2.75, 3.05) is 14.1 Å². The van der Waals surface area contributed by atoms with Gasteiger partial charge in [0.25, 0.3) is 0 Å². The van der Waals surface area contributed by atoms with E-state index < -0.39 is 0 Å². The summed E-state index contributed by atoms with van der Waals surface area (Å²) in [7, 11) is 3.81. The summed E-state index contributed by atoms with van der Waals surface area (Å²) in [6.07, 6.45) is 8.49. The minimum absolute atomic E-state index is 0.591. The van der Waals surface area contributed by atoms with Gasteiger partial charge in [-0.1, -0.05) is 0 Å². The molecule has 0 atom stereocenters. The molecule has 0 amide bonds. The Bertz CT molecular complexity index is 507. The van der Waals surface area contributed by atoms with Crippen LogP contribution in [0.15, 0.2) is 41.9 Å². The number of hydrogen-bond donors (Lipinski definition) is 0. The minimum atomic E-state index is 0.591. The van der Waals surface area contributed by atoms with Crippen molar-refractivity contribution in [3.8, 4) is 11.3 Å². The van der Waals surface area contributed by atoms with E-state index in [0.717, 1.165) is 11.3 Å². The molecule has 0 unspecified atom stereocenters. The molecule has 17 heavy (non-hydrogen) atoms. The highest BCUT2D eigenvalue weighted by molar-refractivity contribution is 5.62. The van der Waals surface area contributed by atoms with Gasteiger partial charge in [-0.05, 0) is 12.1 Å². The Labute approximate surface area is 99.9 Å². The lowest BCUT2D eigenvalue weighted by Crippen LogP contribution is -2.07. The molecule has 0 fully saturated rings. The Balaban J connectivity index is 2.29. The molecule has 0 saturated heterocycles. The zero-order valence-electron chi connectivity index (χ0n) is 9.78. The Kier molecular flexibility index (Phi) is 3.40. The zero-order valence-corrected chi connectivity index (χ0v) is 9.78. The normalized spacial score (nSPS) is 10.7. The van der Waals surface area contributed by atoms with E-state index in [1.807, 2.05) is 31.1 Å². The fourth-order valence-electron chi connectivity index (χ4n) is 1.25. The second-order valence-corrected chi connectivity index (χ2v) is 3.71. The molecule has 86 valence electrons. The van der Waals surface area contributed by atoms with Gasteiger partial charge in [0.05, 0.1) is 24.4 Å². The number of nitrogens with zero attached hydrogens (tertiary/aromatic N) is 5. The molecular formula is C12H13N5. The Hall–Kier alpha value is -2.30. The van der Waals surface area contributed by atoms with Gasteiger partial charge < -0.3 is 4.90 Å². The topological polar surface area (TPSA) is 54.3 Å². The summed E-state index contributed by atoms with van der Waals surface area (Å²) in [5.74, 6) is 0.591. The molecule has 0 aliphatic rings. The number of hydrogen-bond acceptors (Lipinski definition) is 4. The molecule has 0 aromatic carbocycles. The highest BCUT2D eigenvalue weighted by Gasteiger charge is 2.00. The second kappa shape index (κ2) is 5.16. The van der Waals surface area contributed by atoms with Gasteiger partial charge in [0.15, 0.2) is 5.82 Å². The van der Waals surface area contributed by atoms with Crippen LogP contribution in [0.3, 0.4) is 0 Å². The molecule has 2 rings (SSSR count). The van der Waals surface area contributed by atoms with Crippen molar-refractivity contribution in [2.24, 2.45) is 4.99 Å². The molecular weight excluding hydrogens is 214 g/mol. The van der Waals surface area contributed by atoms with Crippen molar-refractivity contribution in [1.82, 2.24) is 19.9 Å². The van der Waals surface area contributed by atoms with Gasteiger partial charge in [-0.2, -0.15) is 0 Å². The summed E-state index contributed by atoms with van der Waals surface area (Å²) < 4.78 is 0. The second-order valence-electron chi connectivity index (χ2n) is 3.71. The van der Waals surface area contributed by atoms with Gasteiger partial charge in [-0.25, -0.2) is 9.98 Å². The summed E-state index contributed by atoms with van der Waals surface area (Å²) in [6.45, 7) is 0. The molecule has 5 nitrogen and oxygen atoms in total. The standard InChI is InChI=1S/C12H13N5/c1-17(2)9-15-12-8-14-7-11(16-12)10-3-5-13-6-4-10/h3-9H,1-2H3/b15-9+.